The Bertz CT molecular complexity index is 508. The normalized spacial score (nSPS) is 16.0. The average molecular weight is 628 g/mol. The van der Waals surface area contributed by atoms with Gasteiger partial charge < -0.3 is 24.0 Å². The zero-order chi connectivity index (χ0) is 19.5. The molecule has 0 aromatic carbocycles. The molecule has 2 atom stereocenters. The van der Waals surface area contributed by atoms with Crippen LogP contribution in [0.5, 0.6) is 0 Å². The standard InChI is InChI=1S/C16H27IN3O5S.HI/c1-3-19(12(2)17-8-4-10-26)11-13(21)18-9-7-16(24)25-20-14(22)5-6-15(20)23;/h12,26H,3-11H2,1-2H3,(H,18,21);1H/q-1;/t12-;/m0./s1. The zero-order valence-electron chi connectivity index (χ0n) is 15.6. The summed E-state index contributed by atoms with van der Waals surface area (Å²) in [5.74, 6) is -0.943. The first kappa shape index (κ1) is 26.9. The maximum atomic E-state index is 12.1. The second-order valence-electron chi connectivity index (χ2n) is 5.87. The van der Waals surface area contributed by atoms with Gasteiger partial charge in [0, 0.05) is 0 Å². The number of carbonyl (C=O) groups is 4. The summed E-state index contributed by atoms with van der Waals surface area (Å²) in [5.41, 5.74) is 0. The molecule has 0 spiro atoms. The fourth-order valence-corrected chi connectivity index (χ4v) is 6.14. The van der Waals surface area contributed by atoms with Gasteiger partial charge in [0.2, 0.25) is 0 Å². The second kappa shape index (κ2) is 14.8. The topological polar surface area (TPSA) is 97.2 Å². The van der Waals surface area contributed by atoms with Crippen LogP contribution in [0.3, 0.4) is 0 Å². The number of rotatable bonds is 12. The van der Waals surface area contributed by atoms with Crippen molar-refractivity contribution in [3.8, 4) is 0 Å². The van der Waals surface area contributed by atoms with Gasteiger partial charge in [0.1, 0.15) is 0 Å². The predicted octanol–water partition coefficient (Wildman–Crippen LogP) is -7.24. The van der Waals surface area contributed by atoms with Gasteiger partial charge in [-0.25, -0.2) is 0 Å². The van der Waals surface area contributed by atoms with Crippen LogP contribution >= 0.6 is 12.6 Å². The van der Waals surface area contributed by atoms with Crippen LogP contribution in [0.1, 0.15) is 39.5 Å². The van der Waals surface area contributed by atoms with Gasteiger partial charge in [-0.1, -0.05) is 0 Å². The van der Waals surface area contributed by atoms with Crippen LogP contribution in [0, 0.1) is 0 Å². The van der Waals surface area contributed by atoms with Crippen molar-refractivity contribution >= 4 is 36.3 Å². The first-order valence-corrected chi connectivity index (χ1v) is 12.2. The molecule has 0 radical (unpaired) electrons. The van der Waals surface area contributed by atoms with Crippen molar-refractivity contribution in [3.05, 3.63) is 0 Å². The van der Waals surface area contributed by atoms with E-state index in [1.807, 2.05) is 0 Å². The maximum absolute atomic E-state index is 12.1. The third-order valence-electron chi connectivity index (χ3n) is 3.89. The van der Waals surface area contributed by atoms with E-state index in [4.69, 9.17) is 4.84 Å². The fourth-order valence-electron chi connectivity index (χ4n) is 2.33. The molecule has 0 bridgehead atoms. The summed E-state index contributed by atoms with van der Waals surface area (Å²) < 4.78 is 1.69. The van der Waals surface area contributed by atoms with E-state index in [9.17, 15) is 19.2 Å². The number of halogens is 2. The van der Waals surface area contributed by atoms with E-state index < -0.39 is 17.8 Å². The number of alkyl halides is 2. The molecule has 1 heterocycles. The molecule has 8 nitrogen and oxygen atoms in total. The van der Waals surface area contributed by atoms with Crippen LogP contribution in [-0.4, -0.2) is 62.6 Å². The first-order chi connectivity index (χ1) is 12.4. The van der Waals surface area contributed by atoms with Gasteiger partial charge in [-0.2, -0.15) is 0 Å². The van der Waals surface area contributed by atoms with Crippen LogP contribution < -0.4 is 55.4 Å². The van der Waals surface area contributed by atoms with Crippen LogP contribution in [0.2, 0.25) is 0 Å². The van der Waals surface area contributed by atoms with Gasteiger partial charge in [-0.15, -0.1) is 0 Å². The molecule has 2 N–H and O–H groups in total. The van der Waals surface area contributed by atoms with Crippen molar-refractivity contribution in [2.75, 3.05) is 29.8 Å². The van der Waals surface area contributed by atoms with E-state index in [2.05, 4.69) is 31.8 Å². The van der Waals surface area contributed by atoms with Gasteiger partial charge in [0.05, 0.1) is 0 Å². The minimum absolute atomic E-state index is 0. The number of quaternary nitrogens is 1. The fraction of sp³-hybridized carbons (Fsp3) is 0.750. The number of hydrogen-bond acceptors (Lipinski definition) is 6. The second-order valence-corrected chi connectivity index (χ2v) is 10.1. The summed E-state index contributed by atoms with van der Waals surface area (Å²) >= 11 is 4.25. The third-order valence-corrected chi connectivity index (χ3v) is 7.79. The van der Waals surface area contributed by atoms with Gasteiger partial charge >= 0.3 is 170 Å². The van der Waals surface area contributed by atoms with E-state index in [1.165, 1.54) is 9.33 Å². The molecule has 1 aliphatic heterocycles. The SMILES string of the molecule is CC[NH+](CC(=O)NCCC(=O)ON1C(=O)CCC1=O)[C@@H](C)[I-]CCCS.[I-]. The van der Waals surface area contributed by atoms with E-state index in [-0.39, 0.29) is 76.9 Å². The van der Waals surface area contributed by atoms with Crippen molar-refractivity contribution in [2.45, 2.75) is 43.6 Å². The molecule has 1 aliphatic rings. The number of hydroxylamine groups is 2. The number of thiol groups is 1. The third kappa shape index (κ3) is 10.3. The zero-order valence-corrected chi connectivity index (χ0v) is 20.8. The van der Waals surface area contributed by atoms with Crippen molar-refractivity contribution < 1.29 is 74.1 Å². The predicted molar refractivity (Wildman–Crippen MR) is 94.0 cm³/mol. The Morgan fingerprint density at radius 3 is 2.52 bits per heavy atom. The molecule has 11 heteroatoms. The van der Waals surface area contributed by atoms with Crippen molar-refractivity contribution in [3.63, 3.8) is 0 Å². The maximum Gasteiger partial charge on any atom is -1.00 e. The molecule has 0 aromatic heterocycles. The first-order valence-electron chi connectivity index (χ1n) is 8.75. The Hall–Kier alpha value is -0.150. The van der Waals surface area contributed by atoms with Crippen molar-refractivity contribution in [1.82, 2.24) is 10.4 Å². The Kier molecular flexibility index (Phi) is 14.7. The summed E-state index contributed by atoms with van der Waals surface area (Å²) in [5, 5.41) is 3.22. The van der Waals surface area contributed by atoms with E-state index in [0.29, 0.717) is 15.7 Å². The molecule has 0 aromatic rings. The average Bonchev–Trinajstić information content (AvgIpc) is 2.91. The number of imide groups is 1. The van der Waals surface area contributed by atoms with Crippen LogP contribution in [0.4, 0.5) is 0 Å². The number of nitrogens with one attached hydrogen (secondary N) is 2. The minimum atomic E-state index is -0.709. The minimum Gasteiger partial charge on any atom is -1.00 e. The molecule has 3 amide bonds. The Balaban J connectivity index is 0.00000676. The van der Waals surface area contributed by atoms with Crippen LogP contribution in [0.15, 0.2) is 0 Å². The molecule has 1 rings (SSSR count). The van der Waals surface area contributed by atoms with Gasteiger partial charge in [-0.05, 0) is 0 Å². The number of amides is 3. The van der Waals surface area contributed by atoms with Crippen molar-refractivity contribution in [1.29, 1.82) is 0 Å². The molecule has 1 fully saturated rings. The van der Waals surface area contributed by atoms with Gasteiger partial charge in [0.25, 0.3) is 0 Å². The largest absolute Gasteiger partial charge is 1.00 e. The smallest absolute Gasteiger partial charge is 1.00 e. The molecular formula is C16H28I2N3O5S-. The van der Waals surface area contributed by atoms with Crippen molar-refractivity contribution in [2.24, 2.45) is 0 Å². The Morgan fingerprint density at radius 2 is 1.96 bits per heavy atom. The quantitative estimate of drug-likeness (QED) is 0.0499. The van der Waals surface area contributed by atoms with Crippen LogP contribution in [-0.2, 0) is 24.0 Å². The Morgan fingerprint density at radius 1 is 1.33 bits per heavy atom. The number of hydrogen-bond donors (Lipinski definition) is 3. The molecule has 158 valence electrons. The number of carbonyl (C=O) groups excluding carboxylic acids is 4. The molecule has 0 saturated carbocycles. The van der Waals surface area contributed by atoms with E-state index in [1.54, 1.807) is 0 Å². The summed E-state index contributed by atoms with van der Waals surface area (Å²) in [7, 11) is 0. The van der Waals surface area contributed by atoms with Crippen LogP contribution in [0.25, 0.3) is 0 Å². The monoisotopic (exact) mass is 628 g/mol. The van der Waals surface area contributed by atoms with E-state index in [0.717, 1.165) is 18.7 Å². The number of nitrogens with zero attached hydrogens (tertiary/aromatic N) is 1. The molecule has 1 saturated heterocycles. The van der Waals surface area contributed by atoms with Gasteiger partial charge in [0.15, 0.2) is 0 Å². The molecular weight excluding hydrogens is 600 g/mol. The Labute approximate surface area is 193 Å². The molecule has 27 heavy (non-hydrogen) atoms. The summed E-state index contributed by atoms with van der Waals surface area (Å²) in [4.78, 5) is 52.5. The van der Waals surface area contributed by atoms with E-state index >= 15 is 0 Å². The van der Waals surface area contributed by atoms with Gasteiger partial charge in [-0.3, -0.25) is 0 Å². The number of likely N-dealkylation sites (N-methyl/N-ethyl adjacent to an activating group) is 1. The summed E-state index contributed by atoms with van der Waals surface area (Å²) in [6, 6.07) is 0. The summed E-state index contributed by atoms with van der Waals surface area (Å²) in [6.07, 6.45) is 1.16. The molecule has 0 aliphatic carbocycles. The molecule has 1 unspecified atom stereocenters. The summed E-state index contributed by atoms with van der Waals surface area (Å²) in [6.45, 7) is 5.60.